The highest BCUT2D eigenvalue weighted by Gasteiger charge is 2.20. The Morgan fingerprint density at radius 2 is 1.91 bits per heavy atom. The van der Waals surface area contributed by atoms with Crippen molar-refractivity contribution in [3.8, 4) is 11.5 Å². The van der Waals surface area contributed by atoms with Crippen LogP contribution in [0.1, 0.15) is 39.0 Å². The van der Waals surface area contributed by atoms with Gasteiger partial charge in [-0.25, -0.2) is 0 Å². The summed E-state index contributed by atoms with van der Waals surface area (Å²) in [5.41, 5.74) is 0.787. The van der Waals surface area contributed by atoms with Crippen LogP contribution < -0.4 is 20.1 Å². The summed E-state index contributed by atoms with van der Waals surface area (Å²) in [5, 5.41) is 6.34. The van der Waals surface area contributed by atoms with E-state index in [9.17, 15) is 4.79 Å². The summed E-state index contributed by atoms with van der Waals surface area (Å²) in [6.07, 6.45) is 5.87. The Balaban J connectivity index is 1.95. The van der Waals surface area contributed by atoms with Gasteiger partial charge in [0.05, 0.1) is 19.9 Å². The van der Waals surface area contributed by atoms with E-state index in [2.05, 4.69) is 10.6 Å². The van der Waals surface area contributed by atoms with Crippen molar-refractivity contribution in [3.63, 3.8) is 0 Å². The molecule has 0 heterocycles. The van der Waals surface area contributed by atoms with E-state index in [4.69, 9.17) is 9.47 Å². The molecule has 0 spiro atoms. The number of anilines is 1. The molecule has 1 unspecified atom stereocenters. The Morgan fingerprint density at radius 1 is 1.18 bits per heavy atom. The Hall–Kier alpha value is -1.91. The third kappa shape index (κ3) is 4.29. The van der Waals surface area contributed by atoms with Crippen molar-refractivity contribution in [3.05, 3.63) is 18.2 Å². The molecule has 1 aliphatic carbocycles. The number of carbonyl (C=O) groups excluding carboxylic acids is 1. The zero-order chi connectivity index (χ0) is 15.9. The van der Waals surface area contributed by atoms with Gasteiger partial charge in [0.25, 0.3) is 0 Å². The van der Waals surface area contributed by atoms with E-state index in [1.807, 2.05) is 19.1 Å². The lowest BCUT2D eigenvalue weighted by Gasteiger charge is -2.25. The number of methoxy groups -OCH3 is 2. The Morgan fingerprint density at radius 3 is 2.55 bits per heavy atom. The molecular weight excluding hydrogens is 280 g/mol. The van der Waals surface area contributed by atoms with Crippen molar-refractivity contribution in [2.75, 3.05) is 19.5 Å². The van der Waals surface area contributed by atoms with Gasteiger partial charge >= 0.3 is 0 Å². The van der Waals surface area contributed by atoms with Gasteiger partial charge in [0, 0.05) is 12.1 Å². The van der Waals surface area contributed by atoms with Crippen LogP contribution in [0.5, 0.6) is 11.5 Å². The first-order valence-corrected chi connectivity index (χ1v) is 7.93. The van der Waals surface area contributed by atoms with Crippen molar-refractivity contribution in [1.29, 1.82) is 0 Å². The lowest BCUT2D eigenvalue weighted by atomic mass is 9.95. The number of rotatable bonds is 6. The minimum absolute atomic E-state index is 0.0322. The van der Waals surface area contributed by atoms with Gasteiger partial charge in [0.15, 0.2) is 0 Å². The van der Waals surface area contributed by atoms with Crippen LogP contribution in [-0.2, 0) is 4.79 Å². The largest absolute Gasteiger partial charge is 0.497 e. The predicted molar refractivity (Wildman–Crippen MR) is 87.6 cm³/mol. The average Bonchev–Trinajstić information content (AvgIpc) is 2.56. The molecule has 1 atom stereocenters. The fourth-order valence-corrected chi connectivity index (χ4v) is 2.79. The second-order valence-electron chi connectivity index (χ2n) is 5.78. The molecule has 22 heavy (non-hydrogen) atoms. The number of nitrogens with one attached hydrogen (secondary N) is 2. The number of carbonyl (C=O) groups is 1. The minimum Gasteiger partial charge on any atom is -0.497 e. The van der Waals surface area contributed by atoms with E-state index in [0.29, 0.717) is 11.8 Å². The zero-order valence-electron chi connectivity index (χ0n) is 13.6. The standard InChI is InChI=1S/C17H26N2O3/c1-12(17(20)19-13-7-5-4-6-8-13)18-15-10-9-14(21-2)11-16(15)22-3/h9-13,18H,4-8H2,1-3H3,(H,19,20). The molecule has 5 nitrogen and oxygen atoms in total. The van der Waals surface area contributed by atoms with Crippen molar-refractivity contribution in [1.82, 2.24) is 5.32 Å². The molecule has 5 heteroatoms. The molecule has 1 fully saturated rings. The zero-order valence-corrected chi connectivity index (χ0v) is 13.6. The summed E-state index contributed by atoms with van der Waals surface area (Å²) >= 11 is 0. The number of ether oxygens (including phenoxy) is 2. The quantitative estimate of drug-likeness (QED) is 0.848. The average molecular weight is 306 g/mol. The van der Waals surface area contributed by atoms with Crippen LogP contribution in [0.3, 0.4) is 0 Å². The molecule has 0 bridgehead atoms. The molecule has 1 aliphatic rings. The molecule has 1 aromatic carbocycles. The summed E-state index contributed by atoms with van der Waals surface area (Å²) in [7, 11) is 3.22. The second-order valence-corrected chi connectivity index (χ2v) is 5.78. The molecule has 1 amide bonds. The molecule has 1 aromatic rings. The second kappa shape index (κ2) is 7.92. The summed E-state index contributed by atoms with van der Waals surface area (Å²) in [4.78, 5) is 12.3. The van der Waals surface area contributed by atoms with Crippen molar-refractivity contribution in [2.24, 2.45) is 0 Å². The summed E-state index contributed by atoms with van der Waals surface area (Å²) in [6, 6.07) is 5.51. The normalized spacial score (nSPS) is 16.7. The summed E-state index contributed by atoms with van der Waals surface area (Å²) < 4.78 is 10.5. The molecular formula is C17H26N2O3. The molecule has 0 saturated heterocycles. The molecule has 122 valence electrons. The van der Waals surface area contributed by atoms with Gasteiger partial charge < -0.3 is 20.1 Å². The molecule has 0 radical (unpaired) electrons. The van der Waals surface area contributed by atoms with E-state index in [1.165, 1.54) is 19.3 Å². The Labute approximate surface area is 132 Å². The van der Waals surface area contributed by atoms with Crippen molar-refractivity contribution in [2.45, 2.75) is 51.1 Å². The third-order valence-electron chi connectivity index (χ3n) is 4.13. The van der Waals surface area contributed by atoms with E-state index in [-0.39, 0.29) is 11.9 Å². The smallest absolute Gasteiger partial charge is 0.242 e. The van der Waals surface area contributed by atoms with E-state index < -0.39 is 0 Å². The molecule has 1 saturated carbocycles. The highest BCUT2D eigenvalue weighted by atomic mass is 16.5. The van der Waals surface area contributed by atoms with Gasteiger partial charge in [-0.15, -0.1) is 0 Å². The Bertz CT molecular complexity index is 499. The van der Waals surface area contributed by atoms with Gasteiger partial charge in [0.1, 0.15) is 17.5 Å². The maximum absolute atomic E-state index is 12.3. The SMILES string of the molecule is COc1ccc(NC(C)C(=O)NC2CCCCC2)c(OC)c1. The van der Waals surface area contributed by atoms with Crippen LogP contribution in [0.4, 0.5) is 5.69 Å². The highest BCUT2D eigenvalue weighted by Crippen LogP contribution is 2.29. The summed E-state index contributed by atoms with van der Waals surface area (Å²) in [6.45, 7) is 1.86. The summed E-state index contributed by atoms with van der Waals surface area (Å²) in [5.74, 6) is 1.42. The number of hydrogen-bond acceptors (Lipinski definition) is 4. The first-order valence-electron chi connectivity index (χ1n) is 7.93. The number of hydrogen-bond donors (Lipinski definition) is 2. The topological polar surface area (TPSA) is 59.6 Å². The number of amides is 1. The molecule has 2 N–H and O–H groups in total. The van der Waals surface area contributed by atoms with Crippen molar-refractivity contribution >= 4 is 11.6 Å². The Kier molecular flexibility index (Phi) is 5.92. The van der Waals surface area contributed by atoms with Gasteiger partial charge in [-0.1, -0.05) is 19.3 Å². The fraction of sp³-hybridized carbons (Fsp3) is 0.588. The van der Waals surface area contributed by atoms with Crippen LogP contribution in [0.25, 0.3) is 0 Å². The minimum atomic E-state index is -0.316. The maximum atomic E-state index is 12.3. The molecule has 0 aromatic heterocycles. The van der Waals surface area contributed by atoms with Gasteiger partial charge in [-0.05, 0) is 31.9 Å². The lowest BCUT2D eigenvalue weighted by Crippen LogP contribution is -2.44. The van der Waals surface area contributed by atoms with Gasteiger partial charge in [-0.3, -0.25) is 4.79 Å². The fourth-order valence-electron chi connectivity index (χ4n) is 2.79. The highest BCUT2D eigenvalue weighted by molar-refractivity contribution is 5.85. The third-order valence-corrected chi connectivity index (χ3v) is 4.13. The van der Waals surface area contributed by atoms with Gasteiger partial charge in [0.2, 0.25) is 5.91 Å². The van der Waals surface area contributed by atoms with E-state index >= 15 is 0 Å². The lowest BCUT2D eigenvalue weighted by molar-refractivity contribution is -0.122. The molecule has 0 aliphatic heterocycles. The monoisotopic (exact) mass is 306 g/mol. The van der Waals surface area contributed by atoms with Crippen LogP contribution >= 0.6 is 0 Å². The van der Waals surface area contributed by atoms with Crippen LogP contribution in [0.2, 0.25) is 0 Å². The van der Waals surface area contributed by atoms with E-state index in [1.54, 1.807) is 20.3 Å². The van der Waals surface area contributed by atoms with Crippen LogP contribution in [-0.4, -0.2) is 32.2 Å². The first-order chi connectivity index (χ1) is 10.6. The van der Waals surface area contributed by atoms with E-state index in [0.717, 1.165) is 24.3 Å². The number of benzene rings is 1. The van der Waals surface area contributed by atoms with Crippen LogP contribution in [0, 0.1) is 0 Å². The van der Waals surface area contributed by atoms with Gasteiger partial charge in [-0.2, -0.15) is 0 Å². The van der Waals surface area contributed by atoms with Crippen molar-refractivity contribution < 1.29 is 14.3 Å². The maximum Gasteiger partial charge on any atom is 0.242 e. The predicted octanol–water partition coefficient (Wildman–Crippen LogP) is 2.95. The van der Waals surface area contributed by atoms with Crippen LogP contribution in [0.15, 0.2) is 18.2 Å². The first kappa shape index (κ1) is 16.5. The molecule has 2 rings (SSSR count).